The number of sulfonamides is 1. The highest BCUT2D eigenvalue weighted by Crippen LogP contribution is 2.19. The Bertz CT molecular complexity index is 628. The molecule has 1 heterocycles. The number of halogens is 1. The quantitative estimate of drug-likeness (QED) is 0.745. The summed E-state index contributed by atoms with van der Waals surface area (Å²) in [6.07, 6.45) is 0.895. The molecule has 0 spiro atoms. The van der Waals surface area contributed by atoms with Crippen molar-refractivity contribution in [3.05, 3.63) is 24.0 Å². The molecule has 116 valence electrons. The smallest absolute Gasteiger partial charge is 0.243 e. The summed E-state index contributed by atoms with van der Waals surface area (Å²) in [5.74, 6) is -1.02. The van der Waals surface area contributed by atoms with Crippen LogP contribution in [-0.2, 0) is 14.8 Å². The van der Waals surface area contributed by atoms with E-state index < -0.39 is 20.7 Å². The molecule has 0 saturated carbocycles. The summed E-state index contributed by atoms with van der Waals surface area (Å²) in [6.45, 7) is 3.20. The molecule has 1 aliphatic rings. The molecule has 0 aliphatic carbocycles. The summed E-state index contributed by atoms with van der Waals surface area (Å²) in [5.41, 5.74) is 0.221. The van der Waals surface area contributed by atoms with Gasteiger partial charge in [0.25, 0.3) is 0 Å². The summed E-state index contributed by atoms with van der Waals surface area (Å²) in [7, 11) is -3.89. The summed E-state index contributed by atoms with van der Waals surface area (Å²) >= 11 is 0. The Balaban J connectivity index is 2.09. The highest BCUT2D eigenvalue weighted by Gasteiger charge is 2.22. The standard InChI is InChI=1S/C13H18FN3O3S/c1-9(18)17-11-2-3-13(12(14)6-11)21(19,20)16-8-10-4-5-15-7-10/h2-3,6,10,15-16H,4-5,7-8H2,1H3,(H,17,18). The van der Waals surface area contributed by atoms with Crippen LogP contribution in [0.25, 0.3) is 0 Å². The van der Waals surface area contributed by atoms with Crippen LogP contribution in [0.4, 0.5) is 10.1 Å². The fraction of sp³-hybridized carbons (Fsp3) is 0.462. The van der Waals surface area contributed by atoms with Crippen LogP contribution in [-0.4, -0.2) is 34.0 Å². The molecule has 1 aromatic carbocycles. The molecule has 3 N–H and O–H groups in total. The van der Waals surface area contributed by atoms with Crippen molar-refractivity contribution in [1.29, 1.82) is 0 Å². The molecule has 1 amide bonds. The van der Waals surface area contributed by atoms with Crippen molar-refractivity contribution in [3.8, 4) is 0 Å². The van der Waals surface area contributed by atoms with Gasteiger partial charge in [0.05, 0.1) is 0 Å². The molecular formula is C13H18FN3O3S. The van der Waals surface area contributed by atoms with Crippen LogP contribution in [0.1, 0.15) is 13.3 Å². The first-order valence-corrected chi connectivity index (χ1v) is 8.14. The molecule has 1 fully saturated rings. The molecule has 1 atom stereocenters. The molecule has 2 rings (SSSR count). The van der Waals surface area contributed by atoms with Gasteiger partial charge in [-0.2, -0.15) is 0 Å². The van der Waals surface area contributed by atoms with E-state index in [1.54, 1.807) is 0 Å². The Morgan fingerprint density at radius 3 is 2.81 bits per heavy atom. The van der Waals surface area contributed by atoms with Gasteiger partial charge in [0, 0.05) is 19.2 Å². The molecule has 0 aromatic heterocycles. The lowest BCUT2D eigenvalue weighted by atomic mass is 10.1. The van der Waals surface area contributed by atoms with E-state index in [-0.39, 0.29) is 24.1 Å². The fourth-order valence-corrected chi connectivity index (χ4v) is 3.37. The maximum absolute atomic E-state index is 13.9. The van der Waals surface area contributed by atoms with Crippen molar-refractivity contribution in [3.63, 3.8) is 0 Å². The maximum Gasteiger partial charge on any atom is 0.243 e. The molecule has 6 nitrogen and oxygen atoms in total. The van der Waals surface area contributed by atoms with Gasteiger partial charge in [-0.1, -0.05) is 0 Å². The van der Waals surface area contributed by atoms with E-state index in [1.807, 2.05) is 0 Å². The van der Waals surface area contributed by atoms with Crippen molar-refractivity contribution in [1.82, 2.24) is 10.0 Å². The topological polar surface area (TPSA) is 87.3 Å². The number of hydrogen-bond acceptors (Lipinski definition) is 4. The first kappa shape index (κ1) is 15.9. The van der Waals surface area contributed by atoms with E-state index in [0.29, 0.717) is 0 Å². The lowest BCUT2D eigenvalue weighted by Crippen LogP contribution is -2.30. The van der Waals surface area contributed by atoms with Gasteiger partial charge < -0.3 is 10.6 Å². The monoisotopic (exact) mass is 315 g/mol. The number of carbonyl (C=O) groups is 1. The van der Waals surface area contributed by atoms with Gasteiger partial charge in [-0.25, -0.2) is 17.5 Å². The number of amides is 1. The van der Waals surface area contributed by atoms with E-state index in [9.17, 15) is 17.6 Å². The van der Waals surface area contributed by atoms with Crippen LogP contribution in [0.15, 0.2) is 23.1 Å². The Kier molecular flexibility index (Phi) is 4.92. The minimum Gasteiger partial charge on any atom is -0.326 e. The molecule has 0 bridgehead atoms. The summed E-state index contributed by atoms with van der Waals surface area (Å²) in [6, 6.07) is 3.50. The highest BCUT2D eigenvalue weighted by molar-refractivity contribution is 7.89. The lowest BCUT2D eigenvalue weighted by Gasteiger charge is -2.12. The third-order valence-electron chi connectivity index (χ3n) is 3.27. The van der Waals surface area contributed by atoms with Crippen molar-refractivity contribution in [2.24, 2.45) is 5.92 Å². The van der Waals surface area contributed by atoms with Crippen molar-refractivity contribution < 1.29 is 17.6 Å². The van der Waals surface area contributed by atoms with Gasteiger partial charge in [-0.3, -0.25) is 4.79 Å². The van der Waals surface area contributed by atoms with E-state index in [2.05, 4.69) is 15.4 Å². The van der Waals surface area contributed by atoms with Gasteiger partial charge in [0.1, 0.15) is 10.7 Å². The second-order valence-corrected chi connectivity index (χ2v) is 6.77. The molecule has 1 unspecified atom stereocenters. The van der Waals surface area contributed by atoms with E-state index in [0.717, 1.165) is 31.6 Å². The number of hydrogen-bond donors (Lipinski definition) is 3. The Hall–Kier alpha value is -1.51. The fourth-order valence-electron chi connectivity index (χ4n) is 2.19. The Labute approximate surface area is 123 Å². The summed E-state index contributed by atoms with van der Waals surface area (Å²) < 4.78 is 40.5. The average Bonchev–Trinajstić information content (AvgIpc) is 2.88. The van der Waals surface area contributed by atoms with Gasteiger partial charge >= 0.3 is 0 Å². The van der Waals surface area contributed by atoms with Crippen LogP contribution < -0.4 is 15.4 Å². The van der Waals surface area contributed by atoms with Crippen LogP contribution in [0, 0.1) is 11.7 Å². The summed E-state index contributed by atoms with van der Waals surface area (Å²) in [4.78, 5) is 10.5. The maximum atomic E-state index is 13.9. The Morgan fingerprint density at radius 1 is 1.48 bits per heavy atom. The number of anilines is 1. The van der Waals surface area contributed by atoms with Crippen molar-refractivity contribution in [2.45, 2.75) is 18.2 Å². The second kappa shape index (κ2) is 6.50. The van der Waals surface area contributed by atoms with E-state index >= 15 is 0 Å². The molecule has 8 heteroatoms. The minimum atomic E-state index is -3.89. The van der Waals surface area contributed by atoms with Crippen molar-refractivity contribution in [2.75, 3.05) is 25.0 Å². The van der Waals surface area contributed by atoms with Gasteiger partial charge in [0.2, 0.25) is 15.9 Å². The third-order valence-corrected chi connectivity index (χ3v) is 4.72. The predicted octanol–water partition coefficient (Wildman–Crippen LogP) is 0.672. The average molecular weight is 315 g/mol. The van der Waals surface area contributed by atoms with Crippen LogP contribution in [0.5, 0.6) is 0 Å². The molecule has 1 aliphatic heterocycles. The van der Waals surface area contributed by atoms with Crippen LogP contribution in [0.2, 0.25) is 0 Å². The molecule has 1 aromatic rings. The van der Waals surface area contributed by atoms with E-state index in [1.165, 1.54) is 13.0 Å². The number of carbonyl (C=O) groups excluding carboxylic acids is 1. The third kappa shape index (κ3) is 4.23. The van der Waals surface area contributed by atoms with Gasteiger partial charge in [-0.15, -0.1) is 0 Å². The normalized spacial score (nSPS) is 18.7. The molecule has 0 radical (unpaired) electrons. The first-order chi connectivity index (χ1) is 9.88. The largest absolute Gasteiger partial charge is 0.326 e. The first-order valence-electron chi connectivity index (χ1n) is 6.66. The van der Waals surface area contributed by atoms with Crippen LogP contribution in [0.3, 0.4) is 0 Å². The zero-order chi connectivity index (χ0) is 15.5. The zero-order valence-electron chi connectivity index (χ0n) is 11.6. The number of benzene rings is 1. The molecule has 21 heavy (non-hydrogen) atoms. The van der Waals surface area contributed by atoms with Gasteiger partial charge in [0.15, 0.2) is 0 Å². The minimum absolute atomic E-state index is 0.221. The SMILES string of the molecule is CC(=O)Nc1ccc(S(=O)(=O)NCC2CCNC2)c(F)c1. The van der Waals surface area contributed by atoms with Crippen LogP contribution >= 0.6 is 0 Å². The molecule has 1 saturated heterocycles. The van der Waals surface area contributed by atoms with Crippen molar-refractivity contribution >= 4 is 21.6 Å². The lowest BCUT2D eigenvalue weighted by molar-refractivity contribution is -0.114. The zero-order valence-corrected chi connectivity index (χ0v) is 12.5. The predicted molar refractivity (Wildman–Crippen MR) is 76.9 cm³/mol. The Morgan fingerprint density at radius 2 is 2.24 bits per heavy atom. The number of nitrogens with one attached hydrogen (secondary N) is 3. The molecular weight excluding hydrogens is 297 g/mol. The second-order valence-electron chi connectivity index (χ2n) is 5.04. The number of rotatable bonds is 5. The highest BCUT2D eigenvalue weighted by atomic mass is 32.2. The summed E-state index contributed by atoms with van der Waals surface area (Å²) in [5, 5.41) is 5.53. The van der Waals surface area contributed by atoms with Gasteiger partial charge in [-0.05, 0) is 43.6 Å². The van der Waals surface area contributed by atoms with E-state index in [4.69, 9.17) is 0 Å².